The molecule has 0 radical (unpaired) electrons. The fourth-order valence-corrected chi connectivity index (χ4v) is 4.52. The highest BCUT2D eigenvalue weighted by molar-refractivity contribution is 5.42. The summed E-state index contributed by atoms with van der Waals surface area (Å²) in [6.07, 6.45) is 16.4. The van der Waals surface area contributed by atoms with Crippen LogP contribution >= 0.6 is 0 Å². The number of ether oxygens (including phenoxy) is 1. The summed E-state index contributed by atoms with van der Waals surface area (Å²) < 4.78 is 5.72. The quantitative estimate of drug-likeness (QED) is 0.289. The van der Waals surface area contributed by atoms with E-state index in [-0.39, 0.29) is 0 Å². The molecule has 1 saturated carbocycles. The Bertz CT molecular complexity index is 805. The van der Waals surface area contributed by atoms with Crippen molar-refractivity contribution in [3.63, 3.8) is 0 Å². The van der Waals surface area contributed by atoms with Gasteiger partial charge in [0, 0.05) is 5.56 Å². The van der Waals surface area contributed by atoms with E-state index < -0.39 is 0 Å². The van der Waals surface area contributed by atoms with Crippen molar-refractivity contribution in [2.45, 2.75) is 90.4 Å². The Kier molecular flexibility index (Phi) is 9.97. The standard InChI is InChI=1S/C29H39NO/c1-3-5-7-9-24-10-15-26(16-11-24)27-17-12-25(13-18-27)14-19-28-20-21-29(23-30-28)31-22-8-6-4-2/h12-13,17-18,20-21,23-24,26H,3-11,15-16,22H2,1-2H3. The molecule has 0 atom stereocenters. The van der Waals surface area contributed by atoms with Gasteiger partial charge in [-0.15, -0.1) is 0 Å². The minimum absolute atomic E-state index is 0.732. The number of hydrogen-bond acceptors (Lipinski definition) is 2. The third-order valence-corrected chi connectivity index (χ3v) is 6.53. The molecule has 2 aromatic rings. The topological polar surface area (TPSA) is 22.1 Å². The molecule has 3 rings (SSSR count). The summed E-state index contributed by atoms with van der Waals surface area (Å²) in [6, 6.07) is 12.8. The van der Waals surface area contributed by atoms with E-state index in [1.54, 1.807) is 6.20 Å². The van der Waals surface area contributed by atoms with Crippen molar-refractivity contribution in [3.05, 3.63) is 59.4 Å². The van der Waals surface area contributed by atoms with Crippen LogP contribution in [0, 0.1) is 17.8 Å². The molecule has 1 fully saturated rings. The van der Waals surface area contributed by atoms with E-state index in [1.165, 1.54) is 69.8 Å². The van der Waals surface area contributed by atoms with E-state index in [0.29, 0.717) is 0 Å². The SMILES string of the molecule is CCCCCOc1ccc(C#Cc2ccc(C3CCC(CCCCC)CC3)cc2)nc1. The summed E-state index contributed by atoms with van der Waals surface area (Å²) >= 11 is 0. The van der Waals surface area contributed by atoms with Crippen LogP contribution in [0.1, 0.15) is 107 Å². The largest absolute Gasteiger partial charge is 0.492 e. The second-order valence-electron chi connectivity index (χ2n) is 9.02. The van der Waals surface area contributed by atoms with Crippen LogP contribution in [0.4, 0.5) is 0 Å². The lowest BCUT2D eigenvalue weighted by Crippen LogP contribution is -2.13. The predicted octanol–water partition coefficient (Wildman–Crippen LogP) is 7.90. The van der Waals surface area contributed by atoms with Crippen molar-refractivity contribution in [2.75, 3.05) is 6.61 Å². The summed E-state index contributed by atoms with van der Waals surface area (Å²) in [5, 5.41) is 0. The lowest BCUT2D eigenvalue weighted by Gasteiger charge is -2.29. The minimum atomic E-state index is 0.732. The lowest BCUT2D eigenvalue weighted by atomic mass is 9.77. The van der Waals surface area contributed by atoms with E-state index in [0.717, 1.165) is 41.9 Å². The zero-order valence-corrected chi connectivity index (χ0v) is 19.5. The molecule has 2 heteroatoms. The Morgan fingerprint density at radius 1 is 0.839 bits per heavy atom. The highest BCUT2D eigenvalue weighted by atomic mass is 16.5. The molecule has 0 saturated heterocycles. The summed E-state index contributed by atoms with van der Waals surface area (Å²) in [7, 11) is 0. The molecule has 2 nitrogen and oxygen atoms in total. The third kappa shape index (κ3) is 8.06. The molecule has 1 aliphatic carbocycles. The molecule has 1 aromatic carbocycles. The number of rotatable bonds is 10. The molecule has 0 amide bonds. The molecule has 1 aromatic heterocycles. The van der Waals surface area contributed by atoms with Gasteiger partial charge in [0.25, 0.3) is 0 Å². The fraction of sp³-hybridized carbons (Fsp3) is 0.552. The number of aromatic nitrogens is 1. The normalized spacial score (nSPS) is 18.3. The van der Waals surface area contributed by atoms with Crippen molar-refractivity contribution in [1.29, 1.82) is 0 Å². The van der Waals surface area contributed by atoms with Gasteiger partial charge in [-0.1, -0.05) is 70.4 Å². The van der Waals surface area contributed by atoms with E-state index in [1.807, 2.05) is 12.1 Å². The number of unbranched alkanes of at least 4 members (excludes halogenated alkanes) is 4. The van der Waals surface area contributed by atoms with Crippen molar-refractivity contribution in [2.24, 2.45) is 5.92 Å². The lowest BCUT2D eigenvalue weighted by molar-refractivity contribution is 0.303. The Morgan fingerprint density at radius 2 is 1.58 bits per heavy atom. The Hall–Kier alpha value is -2.27. The van der Waals surface area contributed by atoms with Crippen LogP contribution in [0.5, 0.6) is 5.75 Å². The molecule has 1 aliphatic rings. The molecular weight excluding hydrogens is 378 g/mol. The molecule has 166 valence electrons. The van der Waals surface area contributed by atoms with Crippen molar-refractivity contribution in [1.82, 2.24) is 4.98 Å². The van der Waals surface area contributed by atoms with Crippen LogP contribution in [0.25, 0.3) is 0 Å². The monoisotopic (exact) mass is 417 g/mol. The van der Waals surface area contributed by atoms with Crippen molar-refractivity contribution >= 4 is 0 Å². The van der Waals surface area contributed by atoms with Crippen LogP contribution in [-0.4, -0.2) is 11.6 Å². The number of pyridine rings is 1. The van der Waals surface area contributed by atoms with Crippen LogP contribution in [0.3, 0.4) is 0 Å². The zero-order valence-electron chi connectivity index (χ0n) is 19.5. The first kappa shape index (κ1) is 23.4. The Labute approximate surface area is 189 Å². The van der Waals surface area contributed by atoms with Gasteiger partial charge >= 0.3 is 0 Å². The average Bonchev–Trinajstić information content (AvgIpc) is 2.82. The smallest absolute Gasteiger partial charge is 0.137 e. The molecule has 1 heterocycles. The van der Waals surface area contributed by atoms with E-state index >= 15 is 0 Å². The van der Waals surface area contributed by atoms with Gasteiger partial charge in [-0.25, -0.2) is 4.98 Å². The van der Waals surface area contributed by atoms with Gasteiger partial charge in [0.15, 0.2) is 0 Å². The highest BCUT2D eigenvalue weighted by Gasteiger charge is 2.21. The summed E-state index contributed by atoms with van der Waals surface area (Å²) in [6.45, 7) is 5.25. The second kappa shape index (κ2) is 13.2. The van der Waals surface area contributed by atoms with Gasteiger partial charge in [-0.3, -0.25) is 0 Å². The van der Waals surface area contributed by atoms with Gasteiger partial charge in [0.2, 0.25) is 0 Å². The summed E-state index contributed by atoms with van der Waals surface area (Å²) in [5.74, 6) is 8.95. The molecule has 0 N–H and O–H groups in total. The second-order valence-corrected chi connectivity index (χ2v) is 9.02. The molecule has 31 heavy (non-hydrogen) atoms. The third-order valence-electron chi connectivity index (χ3n) is 6.53. The maximum Gasteiger partial charge on any atom is 0.137 e. The number of benzene rings is 1. The average molecular weight is 418 g/mol. The van der Waals surface area contributed by atoms with Crippen LogP contribution in [0.2, 0.25) is 0 Å². The zero-order chi connectivity index (χ0) is 21.7. The summed E-state index contributed by atoms with van der Waals surface area (Å²) in [5.41, 5.74) is 3.32. The minimum Gasteiger partial charge on any atom is -0.492 e. The van der Waals surface area contributed by atoms with Crippen molar-refractivity contribution in [3.8, 4) is 17.6 Å². The molecule has 0 unspecified atom stereocenters. The van der Waals surface area contributed by atoms with E-state index in [9.17, 15) is 0 Å². The van der Waals surface area contributed by atoms with Crippen molar-refractivity contribution < 1.29 is 4.74 Å². The molecule has 0 aliphatic heterocycles. The van der Waals surface area contributed by atoms with Crippen LogP contribution < -0.4 is 4.74 Å². The number of hydrogen-bond donors (Lipinski definition) is 0. The van der Waals surface area contributed by atoms with Gasteiger partial charge in [0.1, 0.15) is 11.4 Å². The molecule has 0 bridgehead atoms. The van der Waals surface area contributed by atoms with Crippen LogP contribution in [0.15, 0.2) is 42.6 Å². The van der Waals surface area contributed by atoms with E-state index in [4.69, 9.17) is 4.74 Å². The maximum absolute atomic E-state index is 5.72. The first-order valence-corrected chi connectivity index (χ1v) is 12.5. The number of nitrogens with zero attached hydrogens (tertiary/aromatic N) is 1. The van der Waals surface area contributed by atoms with Gasteiger partial charge in [-0.2, -0.15) is 0 Å². The first-order chi connectivity index (χ1) is 15.3. The van der Waals surface area contributed by atoms with Gasteiger partial charge < -0.3 is 4.74 Å². The van der Waals surface area contributed by atoms with E-state index in [2.05, 4.69) is 54.9 Å². The molecule has 0 spiro atoms. The highest BCUT2D eigenvalue weighted by Crippen LogP contribution is 2.37. The van der Waals surface area contributed by atoms with Crippen LogP contribution in [-0.2, 0) is 0 Å². The Balaban J connectivity index is 1.46. The Morgan fingerprint density at radius 3 is 2.26 bits per heavy atom. The fourth-order valence-electron chi connectivity index (χ4n) is 4.52. The maximum atomic E-state index is 5.72. The first-order valence-electron chi connectivity index (χ1n) is 12.5. The molecular formula is C29H39NO. The van der Waals surface area contributed by atoms with Gasteiger partial charge in [0.05, 0.1) is 12.8 Å². The van der Waals surface area contributed by atoms with Gasteiger partial charge in [-0.05, 0) is 79.7 Å². The predicted molar refractivity (Wildman–Crippen MR) is 131 cm³/mol. The summed E-state index contributed by atoms with van der Waals surface area (Å²) in [4.78, 5) is 4.42.